The van der Waals surface area contributed by atoms with Crippen LogP contribution in [0.25, 0.3) is 0 Å². The van der Waals surface area contributed by atoms with Gasteiger partial charge in [-0.15, -0.1) is 6.42 Å². The zero-order valence-corrected chi connectivity index (χ0v) is 7.75. The monoisotopic (exact) mass is 179 g/mol. The van der Waals surface area contributed by atoms with E-state index in [1.54, 1.807) is 4.90 Å². The molecule has 0 aromatic carbocycles. The normalized spacial score (nSPS) is 16.3. The fraction of sp³-hybridized carbons (Fsp3) is 0.500. The Morgan fingerprint density at radius 1 is 1.85 bits per heavy atom. The Bertz CT molecular complexity index is 263. The second kappa shape index (κ2) is 4.68. The summed E-state index contributed by atoms with van der Waals surface area (Å²) < 4.78 is 4.76. The quantitative estimate of drug-likeness (QED) is 0.575. The Kier molecular flexibility index (Phi) is 3.53. The second-order valence-electron chi connectivity index (χ2n) is 2.90. The number of hydrogen-bond donors (Lipinski definition) is 0. The standard InChI is InChI=1S/C10H13NO2/c1-3-9-4-6-11(7-5-9)10(12)8-13-2/h1,4H,5-8H2,2H3. The average molecular weight is 179 g/mol. The van der Waals surface area contributed by atoms with Crippen LogP contribution in [0, 0.1) is 12.3 Å². The fourth-order valence-electron chi connectivity index (χ4n) is 1.24. The van der Waals surface area contributed by atoms with Crippen LogP contribution < -0.4 is 0 Å². The Hall–Kier alpha value is -1.27. The minimum absolute atomic E-state index is 0.0230. The minimum Gasteiger partial charge on any atom is -0.375 e. The number of methoxy groups -OCH3 is 1. The van der Waals surface area contributed by atoms with E-state index < -0.39 is 0 Å². The zero-order valence-electron chi connectivity index (χ0n) is 7.75. The van der Waals surface area contributed by atoms with Gasteiger partial charge in [0.25, 0.3) is 0 Å². The van der Waals surface area contributed by atoms with Gasteiger partial charge in [-0.2, -0.15) is 0 Å². The molecule has 0 atom stereocenters. The molecule has 0 saturated heterocycles. The third-order valence-electron chi connectivity index (χ3n) is 2.02. The van der Waals surface area contributed by atoms with Crippen LogP contribution in [0.15, 0.2) is 11.6 Å². The van der Waals surface area contributed by atoms with Crippen molar-refractivity contribution in [2.45, 2.75) is 6.42 Å². The van der Waals surface area contributed by atoms with Crippen LogP contribution in [-0.2, 0) is 9.53 Å². The maximum Gasteiger partial charge on any atom is 0.248 e. The maximum absolute atomic E-state index is 11.3. The van der Waals surface area contributed by atoms with Crippen molar-refractivity contribution in [2.75, 3.05) is 26.8 Å². The van der Waals surface area contributed by atoms with E-state index in [-0.39, 0.29) is 12.5 Å². The van der Waals surface area contributed by atoms with Crippen LogP contribution in [0.1, 0.15) is 6.42 Å². The van der Waals surface area contributed by atoms with Gasteiger partial charge in [-0.25, -0.2) is 0 Å². The molecule has 1 aliphatic heterocycles. The first kappa shape index (κ1) is 9.82. The van der Waals surface area contributed by atoms with Gasteiger partial charge in [0, 0.05) is 25.8 Å². The molecule has 1 aliphatic rings. The number of terminal acetylenes is 1. The molecule has 70 valence electrons. The maximum atomic E-state index is 11.3. The van der Waals surface area contributed by atoms with Gasteiger partial charge in [0.05, 0.1) is 0 Å². The molecular weight excluding hydrogens is 166 g/mol. The molecule has 0 aliphatic carbocycles. The number of carbonyl (C=O) groups is 1. The summed E-state index contributed by atoms with van der Waals surface area (Å²) in [4.78, 5) is 13.1. The van der Waals surface area contributed by atoms with Crippen molar-refractivity contribution in [2.24, 2.45) is 0 Å². The van der Waals surface area contributed by atoms with Crippen molar-refractivity contribution in [1.82, 2.24) is 4.90 Å². The molecular formula is C10H13NO2. The van der Waals surface area contributed by atoms with Crippen molar-refractivity contribution in [1.29, 1.82) is 0 Å². The van der Waals surface area contributed by atoms with Crippen LogP contribution in [0.2, 0.25) is 0 Å². The van der Waals surface area contributed by atoms with Crippen LogP contribution in [0.5, 0.6) is 0 Å². The van der Waals surface area contributed by atoms with Gasteiger partial charge >= 0.3 is 0 Å². The second-order valence-corrected chi connectivity index (χ2v) is 2.90. The largest absolute Gasteiger partial charge is 0.375 e. The molecule has 0 radical (unpaired) electrons. The summed E-state index contributed by atoms with van der Waals surface area (Å²) in [6, 6.07) is 0. The lowest BCUT2D eigenvalue weighted by molar-refractivity contribution is -0.134. The Balaban J connectivity index is 2.46. The number of rotatable bonds is 2. The molecule has 0 fully saturated rings. The summed E-state index contributed by atoms with van der Waals surface area (Å²) in [7, 11) is 1.52. The van der Waals surface area contributed by atoms with Crippen LogP contribution in [0.3, 0.4) is 0 Å². The molecule has 3 nitrogen and oxygen atoms in total. The zero-order chi connectivity index (χ0) is 9.68. The van der Waals surface area contributed by atoms with Gasteiger partial charge < -0.3 is 9.64 Å². The third-order valence-corrected chi connectivity index (χ3v) is 2.02. The molecule has 0 spiro atoms. The highest BCUT2D eigenvalue weighted by Crippen LogP contribution is 2.09. The van der Waals surface area contributed by atoms with E-state index in [1.165, 1.54) is 7.11 Å². The van der Waals surface area contributed by atoms with Crippen molar-refractivity contribution in [3.63, 3.8) is 0 Å². The molecule has 0 aromatic heterocycles. The lowest BCUT2D eigenvalue weighted by Gasteiger charge is -2.24. The number of ether oxygens (including phenoxy) is 1. The molecule has 3 heteroatoms. The van der Waals surface area contributed by atoms with Gasteiger partial charge in [-0.3, -0.25) is 4.79 Å². The van der Waals surface area contributed by atoms with Gasteiger partial charge in [-0.1, -0.05) is 12.0 Å². The van der Waals surface area contributed by atoms with Gasteiger partial charge in [-0.05, 0) is 6.42 Å². The van der Waals surface area contributed by atoms with E-state index in [9.17, 15) is 4.79 Å². The number of carbonyl (C=O) groups excluding carboxylic acids is 1. The van der Waals surface area contributed by atoms with Gasteiger partial charge in [0.15, 0.2) is 0 Å². The Labute approximate surface area is 78.4 Å². The fourth-order valence-corrected chi connectivity index (χ4v) is 1.24. The average Bonchev–Trinajstić information content (AvgIpc) is 2.18. The van der Waals surface area contributed by atoms with E-state index in [0.717, 1.165) is 12.0 Å². The number of nitrogens with zero attached hydrogens (tertiary/aromatic N) is 1. The molecule has 0 N–H and O–H groups in total. The van der Waals surface area contributed by atoms with Crippen LogP contribution in [0.4, 0.5) is 0 Å². The lowest BCUT2D eigenvalue weighted by Crippen LogP contribution is -2.36. The molecule has 0 bridgehead atoms. The highest BCUT2D eigenvalue weighted by atomic mass is 16.5. The van der Waals surface area contributed by atoms with Crippen LogP contribution >= 0.6 is 0 Å². The van der Waals surface area contributed by atoms with Gasteiger partial charge in [0.2, 0.25) is 5.91 Å². The van der Waals surface area contributed by atoms with E-state index in [2.05, 4.69) is 5.92 Å². The number of amides is 1. The topological polar surface area (TPSA) is 29.5 Å². The summed E-state index contributed by atoms with van der Waals surface area (Å²) >= 11 is 0. The third kappa shape index (κ3) is 2.60. The summed E-state index contributed by atoms with van der Waals surface area (Å²) in [5.74, 6) is 2.61. The lowest BCUT2D eigenvalue weighted by atomic mass is 10.1. The predicted molar refractivity (Wildman–Crippen MR) is 50.0 cm³/mol. The van der Waals surface area contributed by atoms with E-state index in [1.807, 2.05) is 6.08 Å². The van der Waals surface area contributed by atoms with Crippen molar-refractivity contribution in [3.05, 3.63) is 11.6 Å². The Morgan fingerprint density at radius 2 is 2.62 bits per heavy atom. The van der Waals surface area contributed by atoms with E-state index >= 15 is 0 Å². The summed E-state index contributed by atoms with van der Waals surface area (Å²) in [5.41, 5.74) is 0.987. The smallest absolute Gasteiger partial charge is 0.248 e. The predicted octanol–water partition coefficient (Wildman–Crippen LogP) is 0.425. The first-order valence-corrected chi connectivity index (χ1v) is 4.20. The van der Waals surface area contributed by atoms with Crippen molar-refractivity contribution in [3.8, 4) is 12.3 Å². The van der Waals surface area contributed by atoms with Gasteiger partial charge in [0.1, 0.15) is 6.61 Å². The van der Waals surface area contributed by atoms with E-state index in [4.69, 9.17) is 11.2 Å². The van der Waals surface area contributed by atoms with Crippen molar-refractivity contribution < 1.29 is 9.53 Å². The van der Waals surface area contributed by atoms with Crippen LogP contribution in [-0.4, -0.2) is 37.6 Å². The molecule has 1 heterocycles. The first-order chi connectivity index (χ1) is 6.27. The minimum atomic E-state index is 0.0230. The SMILES string of the molecule is C#CC1=CCN(C(=O)COC)CC1. The molecule has 1 amide bonds. The van der Waals surface area contributed by atoms with Crippen molar-refractivity contribution >= 4 is 5.91 Å². The highest BCUT2D eigenvalue weighted by Gasteiger charge is 2.15. The highest BCUT2D eigenvalue weighted by molar-refractivity contribution is 5.77. The first-order valence-electron chi connectivity index (χ1n) is 4.20. The summed E-state index contributed by atoms with van der Waals surface area (Å²) in [6.45, 7) is 1.47. The molecule has 0 unspecified atom stereocenters. The number of hydrogen-bond acceptors (Lipinski definition) is 2. The molecule has 0 saturated carbocycles. The molecule has 0 aromatic rings. The summed E-state index contributed by atoms with van der Waals surface area (Å²) in [5, 5.41) is 0. The van der Waals surface area contributed by atoms with E-state index in [0.29, 0.717) is 13.1 Å². The molecule has 13 heavy (non-hydrogen) atoms. The molecule has 1 rings (SSSR count). The Morgan fingerprint density at radius 3 is 3.08 bits per heavy atom. The summed E-state index contributed by atoms with van der Waals surface area (Å²) in [6.07, 6.45) is 7.93.